The van der Waals surface area contributed by atoms with Gasteiger partial charge < -0.3 is 26.4 Å². The van der Waals surface area contributed by atoms with Gasteiger partial charge in [0.1, 0.15) is 0 Å². The van der Waals surface area contributed by atoms with Gasteiger partial charge in [-0.15, -0.1) is 0 Å². The fourth-order valence-corrected chi connectivity index (χ4v) is 4.85. The highest BCUT2D eigenvalue weighted by molar-refractivity contribution is 5.94. The number of carbonyl (C=O) groups excluding carboxylic acids is 3. The number of nitrogens with two attached hydrogens (primary N) is 1. The summed E-state index contributed by atoms with van der Waals surface area (Å²) in [5.41, 5.74) is 6.89. The first-order valence-electron chi connectivity index (χ1n) is 17.2. The minimum atomic E-state index is -0.480. The highest BCUT2D eigenvalue weighted by atomic mass is 16.5. The Labute approximate surface area is 278 Å². The van der Waals surface area contributed by atoms with E-state index in [-0.39, 0.29) is 23.8 Å². The number of hydrogen-bond acceptors (Lipinski definition) is 5. The van der Waals surface area contributed by atoms with Crippen LogP contribution in [0.2, 0.25) is 0 Å². The molecule has 0 unspecified atom stereocenters. The lowest BCUT2D eigenvalue weighted by atomic mass is 9.87. The summed E-state index contributed by atoms with van der Waals surface area (Å²) in [5, 5.41) is 8.60. The van der Waals surface area contributed by atoms with Gasteiger partial charge in [0, 0.05) is 38.0 Å². The Morgan fingerprint density at radius 3 is 1.80 bits per heavy atom. The molecule has 5 N–H and O–H groups in total. The third kappa shape index (κ3) is 19.8. The Morgan fingerprint density at radius 1 is 0.804 bits per heavy atom. The van der Waals surface area contributed by atoms with Gasteiger partial charge in [-0.3, -0.25) is 14.4 Å². The number of carbonyl (C=O) groups is 3. The summed E-state index contributed by atoms with van der Waals surface area (Å²) in [5.74, 6) is -0.469. The fourth-order valence-electron chi connectivity index (χ4n) is 4.85. The third-order valence-corrected chi connectivity index (χ3v) is 7.43. The number of ether oxygens (including phenoxy) is 1. The molecule has 0 saturated carbocycles. The number of nitrogens with one attached hydrogen (secondary N) is 3. The minimum absolute atomic E-state index is 0.00949. The molecule has 0 aromatic rings. The van der Waals surface area contributed by atoms with Crippen LogP contribution >= 0.6 is 0 Å². The largest absolute Gasteiger partial charge is 0.369 e. The van der Waals surface area contributed by atoms with Crippen molar-refractivity contribution in [3.05, 3.63) is 84.6 Å². The summed E-state index contributed by atoms with van der Waals surface area (Å²) in [6.45, 7) is 8.33. The molecule has 0 aromatic heterocycles. The van der Waals surface area contributed by atoms with E-state index in [1.165, 1.54) is 6.92 Å². The van der Waals surface area contributed by atoms with Crippen molar-refractivity contribution in [1.29, 1.82) is 0 Å². The van der Waals surface area contributed by atoms with Gasteiger partial charge in [-0.05, 0) is 70.3 Å². The SMILES string of the molecule is CCC=CCC=CCC=CCC=CCC=CCC=CCCC(=O)NCCNC(=O)C1=C[C@@H](OC(CC)CC)[C@H](NC(C)=O)[C@@H](N)C1. The summed E-state index contributed by atoms with van der Waals surface area (Å²) < 4.78 is 6.20. The molecule has 0 bridgehead atoms. The van der Waals surface area contributed by atoms with Crippen molar-refractivity contribution in [2.75, 3.05) is 13.1 Å². The van der Waals surface area contributed by atoms with Gasteiger partial charge in [0.25, 0.3) is 0 Å². The summed E-state index contributed by atoms with van der Waals surface area (Å²) >= 11 is 0. The quantitative estimate of drug-likeness (QED) is 0.0760. The first-order valence-corrected chi connectivity index (χ1v) is 17.2. The summed E-state index contributed by atoms with van der Waals surface area (Å²) in [4.78, 5) is 36.7. The predicted molar refractivity (Wildman–Crippen MR) is 191 cm³/mol. The molecule has 0 radical (unpaired) electrons. The van der Waals surface area contributed by atoms with Crippen molar-refractivity contribution in [1.82, 2.24) is 16.0 Å². The smallest absolute Gasteiger partial charge is 0.247 e. The van der Waals surface area contributed by atoms with Crippen LogP contribution in [0, 0.1) is 0 Å². The van der Waals surface area contributed by atoms with Crippen molar-refractivity contribution in [3.8, 4) is 0 Å². The van der Waals surface area contributed by atoms with Crippen LogP contribution in [0.15, 0.2) is 84.6 Å². The maximum Gasteiger partial charge on any atom is 0.247 e. The lowest BCUT2D eigenvalue weighted by Gasteiger charge is -2.36. The van der Waals surface area contributed by atoms with E-state index < -0.39 is 18.2 Å². The lowest BCUT2D eigenvalue weighted by molar-refractivity contribution is -0.122. The maximum absolute atomic E-state index is 12.8. The van der Waals surface area contributed by atoms with E-state index >= 15 is 0 Å². The lowest BCUT2D eigenvalue weighted by Crippen LogP contribution is -2.57. The van der Waals surface area contributed by atoms with Gasteiger partial charge in [0.15, 0.2) is 0 Å². The Balaban J connectivity index is 2.24. The minimum Gasteiger partial charge on any atom is -0.369 e. The molecular weight excluding hydrogens is 576 g/mol. The molecule has 0 aliphatic heterocycles. The molecule has 1 aliphatic carbocycles. The topological polar surface area (TPSA) is 123 Å². The molecule has 46 heavy (non-hydrogen) atoms. The molecule has 8 heteroatoms. The van der Waals surface area contributed by atoms with E-state index in [4.69, 9.17) is 10.5 Å². The van der Waals surface area contributed by atoms with E-state index in [0.717, 1.165) is 51.4 Å². The Hall–Kier alpha value is -3.49. The van der Waals surface area contributed by atoms with E-state index in [2.05, 4.69) is 89.7 Å². The van der Waals surface area contributed by atoms with Gasteiger partial charge in [-0.2, -0.15) is 0 Å². The maximum atomic E-state index is 12.8. The van der Waals surface area contributed by atoms with Crippen LogP contribution in [0.25, 0.3) is 0 Å². The number of hydrogen-bond donors (Lipinski definition) is 4. The molecule has 0 heterocycles. The van der Waals surface area contributed by atoms with E-state index in [1.807, 2.05) is 19.9 Å². The van der Waals surface area contributed by atoms with Crippen LogP contribution in [0.1, 0.15) is 98.3 Å². The van der Waals surface area contributed by atoms with Gasteiger partial charge in [-0.25, -0.2) is 0 Å². The zero-order chi connectivity index (χ0) is 33.8. The fraction of sp³-hybridized carbons (Fsp3) is 0.553. The first-order chi connectivity index (χ1) is 22.3. The third-order valence-electron chi connectivity index (χ3n) is 7.43. The average Bonchev–Trinajstić information content (AvgIpc) is 3.04. The second-order valence-electron chi connectivity index (χ2n) is 11.4. The second-order valence-corrected chi connectivity index (χ2v) is 11.4. The number of amides is 3. The van der Waals surface area contributed by atoms with Crippen molar-refractivity contribution < 1.29 is 19.1 Å². The van der Waals surface area contributed by atoms with Gasteiger partial charge >= 0.3 is 0 Å². The molecule has 1 rings (SSSR count). The van der Waals surface area contributed by atoms with Crippen LogP contribution in [0.3, 0.4) is 0 Å². The van der Waals surface area contributed by atoms with Gasteiger partial charge in [0.2, 0.25) is 17.7 Å². The zero-order valence-corrected chi connectivity index (χ0v) is 28.7. The van der Waals surface area contributed by atoms with Crippen LogP contribution in [-0.4, -0.2) is 55.1 Å². The standard InChI is InChI=1S/C38H60N4O4/c1-5-8-9-10-11-12-13-14-15-16-17-18-19-20-21-22-23-24-25-26-36(44)40-27-28-41-38(45)32-29-34(39)37(42-31(4)43)35(30-32)46-33(6-2)7-3/h8-9,11-12,14-15,17-18,20-21,23-24,30,33-35,37H,5-7,10,13,16,19,22,25-29,39H2,1-4H3,(H,40,44)(H,41,45)(H,42,43)/t34-,35+,37+/m0/s1. The summed E-state index contributed by atoms with van der Waals surface area (Å²) in [6.07, 6.45) is 36.1. The highest BCUT2D eigenvalue weighted by Gasteiger charge is 2.35. The van der Waals surface area contributed by atoms with Crippen LogP contribution < -0.4 is 21.7 Å². The molecule has 8 nitrogen and oxygen atoms in total. The van der Waals surface area contributed by atoms with E-state index in [9.17, 15) is 14.4 Å². The Morgan fingerprint density at radius 2 is 1.30 bits per heavy atom. The zero-order valence-electron chi connectivity index (χ0n) is 28.7. The number of allylic oxidation sites excluding steroid dienone is 12. The predicted octanol–water partition coefficient (Wildman–Crippen LogP) is 6.43. The highest BCUT2D eigenvalue weighted by Crippen LogP contribution is 2.23. The van der Waals surface area contributed by atoms with E-state index in [0.29, 0.717) is 37.9 Å². The van der Waals surface area contributed by atoms with Crippen LogP contribution in [0.5, 0.6) is 0 Å². The molecule has 3 amide bonds. The van der Waals surface area contributed by atoms with E-state index in [1.54, 1.807) is 6.08 Å². The van der Waals surface area contributed by atoms with Crippen LogP contribution in [0.4, 0.5) is 0 Å². The Bertz CT molecular complexity index is 1080. The molecule has 256 valence electrons. The molecule has 0 saturated heterocycles. The van der Waals surface area contributed by atoms with Crippen molar-refractivity contribution in [2.24, 2.45) is 5.73 Å². The molecular formula is C38H60N4O4. The van der Waals surface area contributed by atoms with Gasteiger partial charge in [0.05, 0.1) is 18.2 Å². The molecule has 0 spiro atoms. The number of rotatable bonds is 23. The van der Waals surface area contributed by atoms with Crippen molar-refractivity contribution in [3.63, 3.8) is 0 Å². The molecule has 3 atom stereocenters. The Kier molecular flexibility index (Phi) is 23.5. The van der Waals surface area contributed by atoms with Crippen molar-refractivity contribution in [2.45, 2.75) is 123 Å². The summed E-state index contributed by atoms with van der Waals surface area (Å²) in [7, 11) is 0. The molecule has 0 fully saturated rings. The average molecular weight is 637 g/mol. The monoisotopic (exact) mass is 636 g/mol. The van der Waals surface area contributed by atoms with Crippen molar-refractivity contribution >= 4 is 17.7 Å². The molecule has 0 aromatic carbocycles. The normalized spacial score (nSPS) is 19.0. The van der Waals surface area contributed by atoms with Gasteiger partial charge in [-0.1, -0.05) is 93.7 Å². The first kappa shape index (κ1) is 40.5. The molecule has 1 aliphatic rings. The summed E-state index contributed by atoms with van der Waals surface area (Å²) in [6, 6.07) is -0.835. The second kappa shape index (κ2) is 26.7. The van der Waals surface area contributed by atoms with Crippen LogP contribution in [-0.2, 0) is 19.1 Å².